The molecule has 1 heterocycles. The third kappa shape index (κ3) is 3.95. The fraction of sp³-hybridized carbons (Fsp3) is 0.200. The van der Waals surface area contributed by atoms with E-state index in [1.54, 1.807) is 24.4 Å². The summed E-state index contributed by atoms with van der Waals surface area (Å²) in [6.07, 6.45) is 1.58. The minimum absolute atomic E-state index is 0.221. The summed E-state index contributed by atoms with van der Waals surface area (Å²) in [6.45, 7) is 4.60. The third-order valence-corrected chi connectivity index (χ3v) is 3.72. The van der Waals surface area contributed by atoms with Crippen LogP contribution in [-0.4, -0.2) is 17.4 Å². The number of aromatic nitrogens is 1. The summed E-state index contributed by atoms with van der Waals surface area (Å²) in [5.74, 6) is -0.221. The van der Waals surface area contributed by atoms with Gasteiger partial charge in [-0.2, -0.15) is 0 Å². The van der Waals surface area contributed by atoms with Crippen molar-refractivity contribution in [2.24, 2.45) is 0 Å². The monoisotopic (exact) mass is 367 g/mol. The van der Waals surface area contributed by atoms with Gasteiger partial charge in [0, 0.05) is 27.9 Å². The molecule has 0 fully saturated rings. The molecule has 0 spiro atoms. The van der Waals surface area contributed by atoms with Crippen LogP contribution in [-0.2, 0) is 0 Å². The Balaban J connectivity index is 2.28. The Morgan fingerprint density at radius 2 is 2.10 bits per heavy atom. The summed E-state index contributed by atoms with van der Waals surface area (Å²) in [4.78, 5) is 16.6. The van der Waals surface area contributed by atoms with E-state index in [2.05, 4.69) is 31.5 Å². The molecule has 1 aromatic heterocycles. The Hall–Kier alpha value is -1.59. The predicted molar refractivity (Wildman–Crippen MR) is 90.2 cm³/mol. The van der Waals surface area contributed by atoms with Crippen LogP contribution in [0.3, 0.4) is 0 Å². The lowest BCUT2D eigenvalue weighted by atomic mass is 10.2. The van der Waals surface area contributed by atoms with E-state index in [1.165, 1.54) is 0 Å². The number of amides is 1. The van der Waals surface area contributed by atoms with Crippen molar-refractivity contribution in [3.8, 4) is 0 Å². The molecule has 0 aliphatic carbocycles. The van der Waals surface area contributed by atoms with Crippen molar-refractivity contribution >= 4 is 44.8 Å². The second kappa shape index (κ2) is 6.91. The molecule has 1 aromatic carbocycles. The molecule has 0 bridgehead atoms. The maximum atomic E-state index is 12.4. The van der Waals surface area contributed by atoms with Crippen LogP contribution in [0.25, 0.3) is 0 Å². The third-order valence-electron chi connectivity index (χ3n) is 2.83. The minimum atomic E-state index is -0.221. The lowest BCUT2D eigenvalue weighted by molar-refractivity contribution is 0.102. The Kier molecular flexibility index (Phi) is 5.20. The normalized spacial score (nSPS) is 10.3. The van der Waals surface area contributed by atoms with E-state index < -0.39 is 0 Å². The van der Waals surface area contributed by atoms with Gasteiger partial charge < -0.3 is 10.6 Å². The number of halogens is 2. The summed E-state index contributed by atoms with van der Waals surface area (Å²) in [6, 6.07) is 7.06. The fourth-order valence-electron chi connectivity index (χ4n) is 1.86. The maximum Gasteiger partial charge on any atom is 0.259 e. The number of rotatable bonds is 4. The Morgan fingerprint density at radius 3 is 2.76 bits per heavy atom. The van der Waals surface area contributed by atoms with Crippen molar-refractivity contribution in [2.45, 2.75) is 13.8 Å². The molecule has 1 amide bonds. The number of hydrogen-bond acceptors (Lipinski definition) is 3. The summed E-state index contributed by atoms with van der Waals surface area (Å²) in [7, 11) is 0. The predicted octanol–water partition coefficient (Wildman–Crippen LogP) is 4.49. The first-order valence-electron chi connectivity index (χ1n) is 6.48. The first-order valence-corrected chi connectivity index (χ1v) is 7.65. The number of carbonyl (C=O) groups excluding carboxylic acids is 1. The molecule has 0 aliphatic rings. The standard InChI is InChI=1S/C15H15BrClN3O/c1-3-18-14-6-9(2)19-8-11(14)15(21)20-13-5-4-10(17)7-12(13)16/h4-8H,3H2,1-2H3,(H,18,19)(H,20,21). The summed E-state index contributed by atoms with van der Waals surface area (Å²) in [5.41, 5.74) is 2.79. The number of aryl methyl sites for hydroxylation is 1. The van der Waals surface area contributed by atoms with E-state index in [4.69, 9.17) is 11.6 Å². The van der Waals surface area contributed by atoms with Gasteiger partial charge in [-0.1, -0.05) is 11.6 Å². The number of hydrogen-bond donors (Lipinski definition) is 2. The fourth-order valence-corrected chi connectivity index (χ4v) is 2.64. The molecule has 0 radical (unpaired) electrons. The van der Waals surface area contributed by atoms with Crippen LogP contribution in [0.4, 0.5) is 11.4 Å². The van der Waals surface area contributed by atoms with Crippen molar-refractivity contribution < 1.29 is 4.79 Å². The number of carbonyl (C=O) groups is 1. The number of nitrogens with zero attached hydrogens (tertiary/aromatic N) is 1. The highest BCUT2D eigenvalue weighted by Gasteiger charge is 2.13. The average molecular weight is 369 g/mol. The SMILES string of the molecule is CCNc1cc(C)ncc1C(=O)Nc1ccc(Cl)cc1Br. The van der Waals surface area contributed by atoms with E-state index >= 15 is 0 Å². The smallest absolute Gasteiger partial charge is 0.259 e. The summed E-state index contributed by atoms with van der Waals surface area (Å²) >= 11 is 9.27. The first-order chi connectivity index (χ1) is 10.0. The molecule has 2 rings (SSSR count). The molecule has 0 saturated heterocycles. The van der Waals surface area contributed by atoms with Crippen molar-refractivity contribution in [3.05, 3.63) is 51.2 Å². The van der Waals surface area contributed by atoms with Gasteiger partial charge in [0.1, 0.15) is 0 Å². The quantitative estimate of drug-likeness (QED) is 0.836. The molecular weight excluding hydrogens is 354 g/mol. The molecule has 2 aromatic rings. The highest BCUT2D eigenvalue weighted by molar-refractivity contribution is 9.10. The van der Waals surface area contributed by atoms with Crippen molar-refractivity contribution in [1.29, 1.82) is 0 Å². The van der Waals surface area contributed by atoms with Crippen LogP contribution in [0.1, 0.15) is 23.0 Å². The Morgan fingerprint density at radius 1 is 1.33 bits per heavy atom. The van der Waals surface area contributed by atoms with Gasteiger partial charge in [0.2, 0.25) is 0 Å². The molecule has 21 heavy (non-hydrogen) atoms. The Labute approximate surface area is 137 Å². The molecule has 0 atom stereocenters. The lowest BCUT2D eigenvalue weighted by Crippen LogP contribution is -2.15. The lowest BCUT2D eigenvalue weighted by Gasteiger charge is -2.12. The van der Waals surface area contributed by atoms with Gasteiger partial charge in [-0.05, 0) is 54.0 Å². The van der Waals surface area contributed by atoms with E-state index in [0.29, 0.717) is 16.3 Å². The van der Waals surface area contributed by atoms with Crippen molar-refractivity contribution in [2.75, 3.05) is 17.2 Å². The van der Waals surface area contributed by atoms with Gasteiger partial charge in [0.05, 0.1) is 16.9 Å². The topological polar surface area (TPSA) is 54.0 Å². The largest absolute Gasteiger partial charge is 0.385 e. The number of nitrogens with one attached hydrogen (secondary N) is 2. The van der Waals surface area contributed by atoms with Crippen LogP contribution < -0.4 is 10.6 Å². The molecule has 6 heteroatoms. The van der Waals surface area contributed by atoms with Crippen LogP contribution in [0, 0.1) is 6.92 Å². The van der Waals surface area contributed by atoms with Crippen LogP contribution in [0.5, 0.6) is 0 Å². The molecule has 0 aliphatic heterocycles. The molecule has 110 valence electrons. The van der Waals surface area contributed by atoms with Crippen molar-refractivity contribution in [3.63, 3.8) is 0 Å². The summed E-state index contributed by atoms with van der Waals surface area (Å²) in [5, 5.41) is 6.62. The number of pyridine rings is 1. The zero-order valence-corrected chi connectivity index (χ0v) is 14.0. The van der Waals surface area contributed by atoms with Crippen molar-refractivity contribution in [1.82, 2.24) is 4.98 Å². The molecule has 4 nitrogen and oxygen atoms in total. The second-order valence-corrected chi connectivity index (χ2v) is 5.77. The Bertz CT molecular complexity index is 676. The van der Waals surface area contributed by atoms with Crippen LogP contribution in [0.2, 0.25) is 5.02 Å². The van der Waals surface area contributed by atoms with Gasteiger partial charge in [0.25, 0.3) is 5.91 Å². The zero-order chi connectivity index (χ0) is 15.4. The molecule has 2 N–H and O–H groups in total. The van der Waals surface area contributed by atoms with Gasteiger partial charge in [0.15, 0.2) is 0 Å². The van der Waals surface area contributed by atoms with Gasteiger partial charge in [-0.3, -0.25) is 9.78 Å². The first kappa shape index (κ1) is 15.8. The molecule has 0 unspecified atom stereocenters. The second-order valence-electron chi connectivity index (χ2n) is 4.48. The van der Waals surface area contributed by atoms with E-state index in [0.717, 1.165) is 22.4 Å². The zero-order valence-electron chi connectivity index (χ0n) is 11.7. The van der Waals surface area contributed by atoms with Crippen LogP contribution in [0.15, 0.2) is 34.9 Å². The maximum absolute atomic E-state index is 12.4. The van der Waals surface area contributed by atoms with E-state index in [1.807, 2.05) is 19.9 Å². The highest BCUT2D eigenvalue weighted by atomic mass is 79.9. The van der Waals surface area contributed by atoms with Gasteiger partial charge in [-0.15, -0.1) is 0 Å². The average Bonchev–Trinajstić information content (AvgIpc) is 2.42. The molecule has 0 saturated carbocycles. The van der Waals surface area contributed by atoms with Gasteiger partial charge >= 0.3 is 0 Å². The van der Waals surface area contributed by atoms with E-state index in [-0.39, 0.29) is 5.91 Å². The number of anilines is 2. The van der Waals surface area contributed by atoms with Crippen LogP contribution >= 0.6 is 27.5 Å². The minimum Gasteiger partial charge on any atom is -0.385 e. The highest BCUT2D eigenvalue weighted by Crippen LogP contribution is 2.27. The van der Waals surface area contributed by atoms with Gasteiger partial charge in [-0.25, -0.2) is 0 Å². The summed E-state index contributed by atoms with van der Waals surface area (Å²) < 4.78 is 0.730. The van der Waals surface area contributed by atoms with E-state index in [9.17, 15) is 4.79 Å². The number of benzene rings is 1. The molecular formula is C15H15BrClN3O.